The van der Waals surface area contributed by atoms with Gasteiger partial charge in [0.15, 0.2) is 6.29 Å². The van der Waals surface area contributed by atoms with Gasteiger partial charge in [0.25, 0.3) is 0 Å². The van der Waals surface area contributed by atoms with Gasteiger partial charge in [-0.05, 0) is 32.8 Å². The predicted octanol–water partition coefficient (Wildman–Crippen LogP) is 0.872. The Morgan fingerprint density at radius 1 is 1.26 bits per heavy atom. The lowest BCUT2D eigenvalue weighted by molar-refractivity contribution is 0.111. The summed E-state index contributed by atoms with van der Waals surface area (Å²) in [5, 5.41) is 2.75. The summed E-state index contributed by atoms with van der Waals surface area (Å²) >= 11 is 0. The molecule has 1 aliphatic rings. The maximum Gasteiger partial charge on any atom is 0.168 e. The number of likely N-dealkylation sites (N-methyl/N-ethyl adjacent to an activating group) is 1. The second-order valence-electron chi connectivity index (χ2n) is 4.48. The SMILES string of the molecule is CCN1CCN(c2ccc(C=O)nc2)CC1.CNC. The van der Waals surface area contributed by atoms with Gasteiger partial charge in [0.05, 0.1) is 11.9 Å². The summed E-state index contributed by atoms with van der Waals surface area (Å²) in [7, 11) is 3.75. The van der Waals surface area contributed by atoms with Crippen LogP contribution in [0, 0.1) is 0 Å². The predicted molar refractivity (Wildman–Crippen MR) is 78.9 cm³/mol. The minimum Gasteiger partial charge on any atom is -0.368 e. The van der Waals surface area contributed by atoms with Crippen molar-refractivity contribution in [1.82, 2.24) is 15.2 Å². The van der Waals surface area contributed by atoms with Gasteiger partial charge in [-0.2, -0.15) is 0 Å². The molecule has 0 spiro atoms. The minimum atomic E-state index is 0.496. The van der Waals surface area contributed by atoms with Crippen LogP contribution in [0.5, 0.6) is 0 Å². The average molecular weight is 264 g/mol. The minimum absolute atomic E-state index is 0.496. The number of carbonyl (C=O) groups is 1. The summed E-state index contributed by atoms with van der Waals surface area (Å²) in [5.74, 6) is 0. The molecule has 5 nitrogen and oxygen atoms in total. The topological polar surface area (TPSA) is 48.5 Å². The lowest BCUT2D eigenvalue weighted by atomic mass is 10.2. The van der Waals surface area contributed by atoms with E-state index >= 15 is 0 Å². The first-order chi connectivity index (χ1) is 9.24. The highest BCUT2D eigenvalue weighted by Gasteiger charge is 2.15. The molecule has 0 amide bonds. The molecule has 106 valence electrons. The summed E-state index contributed by atoms with van der Waals surface area (Å²) in [6, 6.07) is 3.74. The molecular weight excluding hydrogens is 240 g/mol. The van der Waals surface area contributed by atoms with Crippen molar-refractivity contribution in [1.29, 1.82) is 0 Å². The van der Waals surface area contributed by atoms with E-state index in [4.69, 9.17) is 0 Å². The number of hydrogen-bond acceptors (Lipinski definition) is 5. The molecule has 1 N–H and O–H groups in total. The molecule has 5 heteroatoms. The summed E-state index contributed by atoms with van der Waals surface area (Å²) in [4.78, 5) is 19.3. The number of carbonyl (C=O) groups excluding carboxylic acids is 1. The standard InChI is InChI=1S/C12H17N3O.C2H7N/c1-2-14-5-7-15(8-6-14)12-4-3-11(10-16)13-9-12;1-3-2/h3-4,9-10H,2,5-8H2,1H3;3H,1-2H3. The van der Waals surface area contributed by atoms with Crippen LogP contribution in [0.2, 0.25) is 0 Å². The van der Waals surface area contributed by atoms with Gasteiger partial charge >= 0.3 is 0 Å². The number of pyridine rings is 1. The number of anilines is 1. The maximum atomic E-state index is 10.5. The van der Waals surface area contributed by atoms with E-state index in [0.29, 0.717) is 5.69 Å². The largest absolute Gasteiger partial charge is 0.368 e. The molecule has 2 rings (SSSR count). The fourth-order valence-electron chi connectivity index (χ4n) is 1.98. The number of aldehydes is 1. The van der Waals surface area contributed by atoms with Gasteiger partial charge in [0.2, 0.25) is 0 Å². The zero-order valence-electron chi connectivity index (χ0n) is 12.1. The normalized spacial score (nSPS) is 15.6. The second kappa shape index (κ2) is 8.61. The van der Waals surface area contributed by atoms with Crippen molar-refractivity contribution in [3.63, 3.8) is 0 Å². The molecule has 0 saturated carbocycles. The van der Waals surface area contributed by atoms with Crippen molar-refractivity contribution in [2.45, 2.75) is 6.92 Å². The average Bonchev–Trinajstić information content (AvgIpc) is 2.48. The monoisotopic (exact) mass is 264 g/mol. The first kappa shape index (κ1) is 15.6. The van der Waals surface area contributed by atoms with Gasteiger partial charge in [-0.25, -0.2) is 0 Å². The van der Waals surface area contributed by atoms with Crippen molar-refractivity contribution in [3.8, 4) is 0 Å². The molecular formula is C14H24N4O. The highest BCUT2D eigenvalue weighted by molar-refractivity contribution is 5.72. The van der Waals surface area contributed by atoms with Crippen molar-refractivity contribution >= 4 is 12.0 Å². The van der Waals surface area contributed by atoms with E-state index in [1.807, 2.05) is 20.2 Å². The molecule has 19 heavy (non-hydrogen) atoms. The van der Waals surface area contributed by atoms with Crippen LogP contribution in [0.3, 0.4) is 0 Å². The first-order valence-corrected chi connectivity index (χ1v) is 6.72. The molecule has 1 fully saturated rings. The van der Waals surface area contributed by atoms with Gasteiger partial charge in [0.1, 0.15) is 5.69 Å². The molecule has 1 aromatic rings. The summed E-state index contributed by atoms with van der Waals surface area (Å²) < 4.78 is 0. The van der Waals surface area contributed by atoms with Crippen LogP contribution in [-0.2, 0) is 0 Å². The van der Waals surface area contributed by atoms with E-state index in [2.05, 4.69) is 27.0 Å². The smallest absolute Gasteiger partial charge is 0.168 e. The molecule has 1 aliphatic heterocycles. The van der Waals surface area contributed by atoms with Crippen molar-refractivity contribution in [3.05, 3.63) is 24.0 Å². The van der Waals surface area contributed by atoms with Crippen LogP contribution in [0.1, 0.15) is 17.4 Å². The second-order valence-corrected chi connectivity index (χ2v) is 4.48. The maximum absolute atomic E-state index is 10.5. The van der Waals surface area contributed by atoms with Crippen LogP contribution in [-0.4, -0.2) is 63.0 Å². The molecule has 1 aromatic heterocycles. The number of nitrogens with one attached hydrogen (secondary N) is 1. The van der Waals surface area contributed by atoms with Gasteiger partial charge in [-0.3, -0.25) is 9.78 Å². The Bertz CT molecular complexity index is 358. The van der Waals surface area contributed by atoms with Crippen LogP contribution in [0.4, 0.5) is 5.69 Å². The Hall–Kier alpha value is -1.46. The fourth-order valence-corrected chi connectivity index (χ4v) is 1.98. The summed E-state index contributed by atoms with van der Waals surface area (Å²) in [6.45, 7) is 7.59. The summed E-state index contributed by atoms with van der Waals surface area (Å²) in [6.07, 6.45) is 2.56. The third kappa shape index (κ3) is 4.96. The Kier molecular flexibility index (Phi) is 7.07. The quantitative estimate of drug-likeness (QED) is 0.821. The van der Waals surface area contributed by atoms with Gasteiger partial charge in [-0.1, -0.05) is 6.92 Å². The number of hydrogen-bond donors (Lipinski definition) is 1. The van der Waals surface area contributed by atoms with E-state index < -0.39 is 0 Å². The molecule has 2 heterocycles. The molecule has 0 atom stereocenters. The molecule has 0 aliphatic carbocycles. The van der Waals surface area contributed by atoms with Gasteiger partial charge < -0.3 is 15.1 Å². The molecule has 0 aromatic carbocycles. The zero-order chi connectivity index (χ0) is 14.1. The van der Waals surface area contributed by atoms with Gasteiger partial charge in [0, 0.05) is 26.2 Å². The third-order valence-electron chi connectivity index (χ3n) is 3.08. The van der Waals surface area contributed by atoms with Crippen molar-refractivity contribution in [2.75, 3.05) is 51.7 Å². The Balaban J connectivity index is 0.000000550. The van der Waals surface area contributed by atoms with Crippen LogP contribution >= 0.6 is 0 Å². The Labute approximate surface area is 115 Å². The van der Waals surface area contributed by atoms with Crippen molar-refractivity contribution < 1.29 is 4.79 Å². The zero-order valence-corrected chi connectivity index (χ0v) is 12.1. The number of nitrogens with zero attached hydrogens (tertiary/aromatic N) is 3. The summed E-state index contributed by atoms with van der Waals surface area (Å²) in [5.41, 5.74) is 1.61. The molecule has 0 bridgehead atoms. The number of aromatic nitrogens is 1. The number of piperazine rings is 1. The molecule has 0 unspecified atom stereocenters. The highest BCUT2D eigenvalue weighted by atomic mass is 16.1. The van der Waals surface area contributed by atoms with Crippen LogP contribution in [0.25, 0.3) is 0 Å². The Morgan fingerprint density at radius 2 is 1.89 bits per heavy atom. The lowest BCUT2D eigenvalue weighted by Gasteiger charge is -2.35. The van der Waals surface area contributed by atoms with Crippen molar-refractivity contribution in [2.24, 2.45) is 0 Å². The van der Waals surface area contributed by atoms with E-state index in [-0.39, 0.29) is 0 Å². The van der Waals surface area contributed by atoms with E-state index in [0.717, 1.165) is 44.7 Å². The third-order valence-corrected chi connectivity index (χ3v) is 3.08. The lowest BCUT2D eigenvalue weighted by Crippen LogP contribution is -2.46. The first-order valence-electron chi connectivity index (χ1n) is 6.72. The van der Waals surface area contributed by atoms with Gasteiger partial charge in [-0.15, -0.1) is 0 Å². The van der Waals surface area contributed by atoms with Crippen LogP contribution < -0.4 is 10.2 Å². The van der Waals surface area contributed by atoms with Crippen LogP contribution in [0.15, 0.2) is 18.3 Å². The number of rotatable bonds is 3. The van der Waals surface area contributed by atoms with E-state index in [9.17, 15) is 4.79 Å². The molecule has 0 radical (unpaired) electrons. The Morgan fingerprint density at radius 3 is 2.32 bits per heavy atom. The van der Waals surface area contributed by atoms with E-state index in [1.165, 1.54) is 0 Å². The van der Waals surface area contributed by atoms with E-state index in [1.54, 1.807) is 12.3 Å². The molecule has 1 saturated heterocycles. The highest BCUT2D eigenvalue weighted by Crippen LogP contribution is 2.14. The fraction of sp³-hybridized carbons (Fsp3) is 0.571.